The molecule has 31 heavy (non-hydrogen) atoms. The molecule has 2 aromatic heterocycles. The lowest BCUT2D eigenvalue weighted by atomic mass is 9.97. The second-order valence-electron chi connectivity index (χ2n) is 8.01. The molecule has 0 aliphatic carbocycles. The van der Waals surface area contributed by atoms with Crippen LogP contribution in [0.25, 0.3) is 22.3 Å². The van der Waals surface area contributed by atoms with Crippen molar-refractivity contribution in [1.29, 1.82) is 0 Å². The summed E-state index contributed by atoms with van der Waals surface area (Å²) in [5.74, 6) is -0.467. The van der Waals surface area contributed by atoms with Crippen LogP contribution < -0.4 is 10.9 Å². The summed E-state index contributed by atoms with van der Waals surface area (Å²) < 4.78 is 12.3. The molecule has 7 nitrogen and oxygen atoms in total. The number of aryl methyl sites for hydroxylation is 1. The lowest BCUT2D eigenvalue weighted by Gasteiger charge is -2.24. The van der Waals surface area contributed by atoms with E-state index < -0.39 is 12.1 Å². The maximum absolute atomic E-state index is 13.3. The fourth-order valence-electron chi connectivity index (χ4n) is 4.70. The third-order valence-electron chi connectivity index (χ3n) is 6.22. The minimum atomic E-state index is -0.885. The van der Waals surface area contributed by atoms with Gasteiger partial charge in [-0.15, -0.1) is 0 Å². The van der Waals surface area contributed by atoms with Gasteiger partial charge in [-0.05, 0) is 42.7 Å². The van der Waals surface area contributed by atoms with E-state index in [2.05, 4.69) is 25.2 Å². The van der Waals surface area contributed by atoms with Crippen LogP contribution in [0.5, 0.6) is 0 Å². The number of fused-ring (bicyclic) bond motifs is 5. The number of nitrogens with one attached hydrogen (secondary N) is 1. The van der Waals surface area contributed by atoms with Crippen molar-refractivity contribution in [1.82, 2.24) is 9.55 Å². The van der Waals surface area contributed by atoms with Crippen LogP contribution in [0.1, 0.15) is 48.6 Å². The van der Waals surface area contributed by atoms with Crippen molar-refractivity contribution < 1.29 is 14.3 Å². The molecular weight excluding hydrogens is 394 g/mol. The lowest BCUT2D eigenvalue weighted by Crippen LogP contribution is -2.33. The van der Waals surface area contributed by atoms with Gasteiger partial charge in [-0.25, -0.2) is 9.78 Å². The Morgan fingerprint density at radius 3 is 2.81 bits per heavy atom. The molecule has 0 fully saturated rings. The number of nitrogens with zero attached hydrogens (tertiary/aromatic N) is 2. The zero-order chi connectivity index (χ0) is 21.7. The van der Waals surface area contributed by atoms with Crippen LogP contribution in [0.2, 0.25) is 0 Å². The molecule has 1 unspecified atom stereocenters. The number of hydrogen-bond acceptors (Lipinski definition) is 6. The first-order chi connectivity index (χ1) is 15.1. The third-order valence-corrected chi connectivity index (χ3v) is 6.22. The number of ether oxygens (including phenoxy) is 2. The molecule has 0 saturated carbocycles. The van der Waals surface area contributed by atoms with Crippen LogP contribution in [0.3, 0.4) is 0 Å². The van der Waals surface area contributed by atoms with Gasteiger partial charge in [0.2, 0.25) is 0 Å². The lowest BCUT2D eigenvalue weighted by molar-refractivity contribution is -0.159. The number of carbonyl (C=O) groups excluding carboxylic acids is 1. The minimum Gasteiger partial charge on any atom is -0.458 e. The van der Waals surface area contributed by atoms with Crippen molar-refractivity contribution in [3.8, 4) is 11.4 Å². The number of hydrogen-bond donors (Lipinski definition) is 1. The van der Waals surface area contributed by atoms with Crippen LogP contribution in [0.15, 0.2) is 29.1 Å². The minimum absolute atomic E-state index is 0.0218. The Bertz CT molecular complexity index is 1280. The molecule has 1 aromatic carbocycles. The number of rotatable bonds is 5. The molecule has 3 aromatic rings. The van der Waals surface area contributed by atoms with Gasteiger partial charge in [-0.3, -0.25) is 4.79 Å². The highest BCUT2D eigenvalue weighted by Crippen LogP contribution is 2.38. The smallest absolute Gasteiger partial charge is 0.340 e. The molecule has 4 heterocycles. The molecule has 0 bridgehead atoms. The van der Waals surface area contributed by atoms with Crippen molar-refractivity contribution in [2.75, 3.05) is 19.0 Å². The SMILES string of the molecule is CCCNc1ccc2nc3c(c(CC)c2c1)Cn1c-3cc2c(c1=O)COC(=O)C2OC. The number of carbonyl (C=O) groups is 1. The van der Waals surface area contributed by atoms with Gasteiger partial charge in [0.05, 0.1) is 29.0 Å². The summed E-state index contributed by atoms with van der Waals surface area (Å²) in [4.78, 5) is 30.4. The molecular formula is C24H25N3O4. The number of esters is 1. The molecule has 5 rings (SSSR count). The zero-order valence-electron chi connectivity index (χ0n) is 17.9. The Balaban J connectivity index is 1.72. The fraction of sp³-hybridized carbons (Fsp3) is 0.375. The first-order valence-electron chi connectivity index (χ1n) is 10.7. The highest BCUT2D eigenvalue weighted by Gasteiger charge is 2.35. The van der Waals surface area contributed by atoms with Crippen molar-refractivity contribution in [2.45, 2.75) is 45.9 Å². The largest absolute Gasteiger partial charge is 0.458 e. The Labute approximate surface area is 180 Å². The third kappa shape index (κ3) is 2.95. The topological polar surface area (TPSA) is 82.5 Å². The number of pyridine rings is 2. The number of benzene rings is 1. The Kier molecular flexibility index (Phi) is 4.78. The predicted octanol–water partition coefficient (Wildman–Crippen LogP) is 3.55. The van der Waals surface area contributed by atoms with E-state index in [0.717, 1.165) is 52.9 Å². The summed E-state index contributed by atoms with van der Waals surface area (Å²) in [5, 5.41) is 4.55. The number of cyclic esters (lactones) is 1. The first kappa shape index (κ1) is 19.8. The molecule has 7 heteroatoms. The summed E-state index contributed by atoms with van der Waals surface area (Å²) >= 11 is 0. The summed E-state index contributed by atoms with van der Waals surface area (Å²) in [5.41, 5.74) is 6.73. The van der Waals surface area contributed by atoms with Crippen LogP contribution in [0, 0.1) is 0 Å². The maximum atomic E-state index is 13.3. The highest BCUT2D eigenvalue weighted by atomic mass is 16.6. The van der Waals surface area contributed by atoms with Crippen molar-refractivity contribution in [3.63, 3.8) is 0 Å². The second-order valence-corrected chi connectivity index (χ2v) is 8.01. The van der Waals surface area contributed by atoms with E-state index in [0.29, 0.717) is 17.7 Å². The number of anilines is 1. The molecule has 1 atom stereocenters. The van der Waals surface area contributed by atoms with E-state index >= 15 is 0 Å². The Hall–Kier alpha value is -3.19. The van der Waals surface area contributed by atoms with Gasteiger partial charge in [0.25, 0.3) is 5.56 Å². The Morgan fingerprint density at radius 1 is 1.23 bits per heavy atom. The summed E-state index contributed by atoms with van der Waals surface area (Å²) in [6, 6.07) is 8.11. The standard InChI is InChI=1S/C24H25N3O4/c1-4-8-25-13-6-7-19-15(9-13)14(5-2)17-11-27-20(21(17)26-19)10-16-18(23(27)28)12-31-24(29)22(16)30-3/h6-7,9-10,22,25H,4-5,8,11-12H2,1-3H3. The fourth-order valence-corrected chi connectivity index (χ4v) is 4.70. The Morgan fingerprint density at radius 2 is 2.06 bits per heavy atom. The summed E-state index contributed by atoms with van der Waals surface area (Å²) in [7, 11) is 1.45. The number of aromatic nitrogens is 2. The van der Waals surface area contributed by atoms with E-state index in [-0.39, 0.29) is 12.2 Å². The van der Waals surface area contributed by atoms with Crippen LogP contribution >= 0.6 is 0 Å². The zero-order valence-corrected chi connectivity index (χ0v) is 17.9. The van der Waals surface area contributed by atoms with E-state index in [9.17, 15) is 9.59 Å². The predicted molar refractivity (Wildman–Crippen MR) is 118 cm³/mol. The van der Waals surface area contributed by atoms with Crippen LogP contribution in [0.4, 0.5) is 5.69 Å². The van der Waals surface area contributed by atoms with E-state index in [1.807, 2.05) is 18.2 Å². The van der Waals surface area contributed by atoms with E-state index in [4.69, 9.17) is 14.5 Å². The molecule has 2 aliphatic rings. The molecule has 0 saturated heterocycles. The summed E-state index contributed by atoms with van der Waals surface area (Å²) in [6.07, 6.45) is 1.01. The average Bonchev–Trinajstić information content (AvgIpc) is 3.14. The quantitative estimate of drug-likeness (QED) is 0.498. The van der Waals surface area contributed by atoms with Gasteiger partial charge in [-0.2, -0.15) is 0 Å². The first-order valence-corrected chi connectivity index (χ1v) is 10.7. The van der Waals surface area contributed by atoms with Gasteiger partial charge in [0.1, 0.15) is 6.61 Å². The van der Waals surface area contributed by atoms with Crippen molar-refractivity contribution in [2.24, 2.45) is 0 Å². The molecule has 0 radical (unpaired) electrons. The van der Waals surface area contributed by atoms with Crippen molar-refractivity contribution >= 4 is 22.6 Å². The highest BCUT2D eigenvalue weighted by molar-refractivity contribution is 5.90. The van der Waals surface area contributed by atoms with Crippen LogP contribution in [-0.2, 0) is 33.8 Å². The van der Waals surface area contributed by atoms with Gasteiger partial charge in [0.15, 0.2) is 6.10 Å². The van der Waals surface area contributed by atoms with Crippen molar-refractivity contribution in [3.05, 3.63) is 56.9 Å². The molecule has 160 valence electrons. The van der Waals surface area contributed by atoms with E-state index in [1.54, 1.807) is 4.57 Å². The number of methoxy groups -OCH3 is 1. The normalized spacial score (nSPS) is 16.6. The molecule has 1 N–H and O–H groups in total. The molecule has 0 amide bonds. The van der Waals surface area contributed by atoms with Crippen LogP contribution in [-0.4, -0.2) is 29.2 Å². The molecule has 0 spiro atoms. The average molecular weight is 419 g/mol. The van der Waals surface area contributed by atoms with Gasteiger partial charge in [-0.1, -0.05) is 13.8 Å². The van der Waals surface area contributed by atoms with Gasteiger partial charge >= 0.3 is 5.97 Å². The van der Waals surface area contributed by atoms with E-state index in [1.165, 1.54) is 12.7 Å². The van der Waals surface area contributed by atoms with Gasteiger partial charge in [0, 0.05) is 35.9 Å². The maximum Gasteiger partial charge on any atom is 0.340 e. The second kappa shape index (κ2) is 7.50. The monoisotopic (exact) mass is 419 g/mol. The van der Waals surface area contributed by atoms with Gasteiger partial charge < -0.3 is 19.4 Å². The molecule has 2 aliphatic heterocycles. The summed E-state index contributed by atoms with van der Waals surface area (Å²) in [6.45, 7) is 5.64.